The Morgan fingerprint density at radius 2 is 1.90 bits per heavy atom. The Labute approximate surface area is 116 Å². The highest BCUT2D eigenvalue weighted by atomic mass is 19.1. The normalized spacial score (nSPS) is 10.4. The molecule has 0 bridgehead atoms. The second kappa shape index (κ2) is 6.36. The quantitative estimate of drug-likeness (QED) is 0.881. The van der Waals surface area contributed by atoms with E-state index in [4.69, 9.17) is 20.3 Å². The van der Waals surface area contributed by atoms with Gasteiger partial charge in [0, 0.05) is 12.6 Å². The molecule has 2 aromatic carbocycles. The number of methoxy groups -OCH3 is 1. The standard InChI is InChI=1S/C15H16FNO3/c1-19-15-6-10(9-18)2-3-14(15)20-13-5-11(8-17)4-12(16)7-13/h2-7,18H,8-9,17H2,1H3. The lowest BCUT2D eigenvalue weighted by molar-refractivity contribution is 0.280. The molecule has 2 rings (SSSR count). The number of rotatable bonds is 5. The van der Waals surface area contributed by atoms with Crippen molar-refractivity contribution in [3.63, 3.8) is 0 Å². The lowest BCUT2D eigenvalue weighted by atomic mass is 10.2. The number of hydrogen-bond acceptors (Lipinski definition) is 4. The Bertz CT molecular complexity index is 602. The molecule has 0 atom stereocenters. The van der Waals surface area contributed by atoms with Crippen LogP contribution in [0.15, 0.2) is 36.4 Å². The lowest BCUT2D eigenvalue weighted by Crippen LogP contribution is -1.98. The summed E-state index contributed by atoms with van der Waals surface area (Å²) < 4.78 is 24.2. The average Bonchev–Trinajstić information content (AvgIpc) is 2.47. The van der Waals surface area contributed by atoms with Gasteiger partial charge in [0.1, 0.15) is 11.6 Å². The second-order valence-corrected chi connectivity index (χ2v) is 4.24. The van der Waals surface area contributed by atoms with E-state index in [2.05, 4.69) is 0 Å². The number of hydrogen-bond donors (Lipinski definition) is 2. The third-order valence-electron chi connectivity index (χ3n) is 2.81. The van der Waals surface area contributed by atoms with Crippen molar-refractivity contribution in [1.29, 1.82) is 0 Å². The Kier molecular flexibility index (Phi) is 4.55. The van der Waals surface area contributed by atoms with Crippen LogP contribution in [0.4, 0.5) is 4.39 Å². The highest BCUT2D eigenvalue weighted by Crippen LogP contribution is 2.33. The van der Waals surface area contributed by atoms with Crippen LogP contribution in [0.1, 0.15) is 11.1 Å². The van der Waals surface area contributed by atoms with Crippen LogP contribution in [0, 0.1) is 5.82 Å². The zero-order chi connectivity index (χ0) is 14.5. The van der Waals surface area contributed by atoms with Crippen LogP contribution in [0.25, 0.3) is 0 Å². The molecule has 0 aliphatic carbocycles. The zero-order valence-electron chi connectivity index (χ0n) is 11.1. The molecule has 0 saturated carbocycles. The van der Waals surface area contributed by atoms with Gasteiger partial charge in [-0.05, 0) is 35.4 Å². The van der Waals surface area contributed by atoms with Crippen LogP contribution < -0.4 is 15.2 Å². The molecule has 20 heavy (non-hydrogen) atoms. The molecule has 0 aliphatic rings. The summed E-state index contributed by atoms with van der Waals surface area (Å²) in [5.74, 6) is 0.850. The highest BCUT2D eigenvalue weighted by molar-refractivity contribution is 5.45. The van der Waals surface area contributed by atoms with Gasteiger partial charge in [0.25, 0.3) is 0 Å². The fourth-order valence-electron chi connectivity index (χ4n) is 1.82. The molecule has 0 spiro atoms. The maximum Gasteiger partial charge on any atom is 0.169 e. The summed E-state index contributed by atoms with van der Waals surface area (Å²) in [6.45, 7) is 0.141. The Hall–Kier alpha value is -2.11. The molecule has 5 heteroatoms. The van der Waals surface area contributed by atoms with Crippen LogP contribution in [-0.2, 0) is 13.2 Å². The summed E-state index contributed by atoms with van der Waals surface area (Å²) in [7, 11) is 1.50. The van der Waals surface area contributed by atoms with Crippen molar-refractivity contribution in [2.75, 3.05) is 7.11 Å². The van der Waals surface area contributed by atoms with Crippen molar-refractivity contribution in [2.24, 2.45) is 5.73 Å². The van der Waals surface area contributed by atoms with Gasteiger partial charge in [0.15, 0.2) is 11.5 Å². The number of aliphatic hydroxyl groups is 1. The van der Waals surface area contributed by atoms with Gasteiger partial charge in [-0.1, -0.05) is 6.07 Å². The summed E-state index contributed by atoms with van der Waals surface area (Å²) in [6.07, 6.45) is 0. The molecule has 0 amide bonds. The first-order valence-corrected chi connectivity index (χ1v) is 6.11. The summed E-state index contributed by atoms with van der Waals surface area (Å²) >= 11 is 0. The molecule has 0 heterocycles. The van der Waals surface area contributed by atoms with E-state index in [0.29, 0.717) is 28.4 Å². The largest absolute Gasteiger partial charge is 0.493 e. The third-order valence-corrected chi connectivity index (χ3v) is 2.81. The predicted molar refractivity (Wildman–Crippen MR) is 73.3 cm³/mol. The minimum atomic E-state index is -0.408. The van der Waals surface area contributed by atoms with E-state index in [-0.39, 0.29) is 13.2 Å². The van der Waals surface area contributed by atoms with E-state index < -0.39 is 5.82 Å². The topological polar surface area (TPSA) is 64.7 Å². The van der Waals surface area contributed by atoms with Crippen molar-refractivity contribution in [3.8, 4) is 17.2 Å². The molecule has 0 aromatic heterocycles. The van der Waals surface area contributed by atoms with E-state index in [9.17, 15) is 4.39 Å². The molecule has 4 nitrogen and oxygen atoms in total. The highest BCUT2D eigenvalue weighted by Gasteiger charge is 2.08. The molecule has 106 valence electrons. The van der Waals surface area contributed by atoms with E-state index in [0.717, 1.165) is 0 Å². The summed E-state index contributed by atoms with van der Waals surface area (Å²) in [4.78, 5) is 0. The molecule has 0 radical (unpaired) electrons. The monoisotopic (exact) mass is 277 g/mol. The molecule has 3 N–H and O–H groups in total. The van der Waals surface area contributed by atoms with Gasteiger partial charge in [0.2, 0.25) is 0 Å². The Morgan fingerprint density at radius 1 is 1.10 bits per heavy atom. The zero-order valence-corrected chi connectivity index (χ0v) is 11.1. The minimum absolute atomic E-state index is 0.0894. The maximum absolute atomic E-state index is 13.4. The maximum atomic E-state index is 13.4. The SMILES string of the molecule is COc1cc(CO)ccc1Oc1cc(F)cc(CN)c1. The average molecular weight is 277 g/mol. The van der Waals surface area contributed by atoms with Gasteiger partial charge in [-0.25, -0.2) is 4.39 Å². The van der Waals surface area contributed by atoms with Gasteiger partial charge in [0.05, 0.1) is 13.7 Å². The van der Waals surface area contributed by atoms with Crippen molar-refractivity contribution >= 4 is 0 Å². The smallest absolute Gasteiger partial charge is 0.169 e. The number of benzene rings is 2. The Morgan fingerprint density at radius 3 is 2.55 bits per heavy atom. The summed E-state index contributed by atoms with van der Waals surface area (Å²) in [6, 6.07) is 9.34. The van der Waals surface area contributed by atoms with Gasteiger partial charge in [-0.15, -0.1) is 0 Å². The van der Waals surface area contributed by atoms with Gasteiger partial charge in [-0.3, -0.25) is 0 Å². The van der Waals surface area contributed by atoms with Gasteiger partial charge in [-0.2, -0.15) is 0 Å². The molecule has 2 aromatic rings. The first kappa shape index (κ1) is 14.3. The molecular formula is C15H16FNO3. The van der Waals surface area contributed by atoms with Crippen molar-refractivity contribution < 1.29 is 19.0 Å². The van der Waals surface area contributed by atoms with E-state index in [1.165, 1.54) is 19.2 Å². The van der Waals surface area contributed by atoms with E-state index in [1.807, 2.05) is 0 Å². The number of halogens is 1. The molecule has 0 aliphatic heterocycles. The van der Waals surface area contributed by atoms with Gasteiger partial charge < -0.3 is 20.3 Å². The van der Waals surface area contributed by atoms with Crippen molar-refractivity contribution in [1.82, 2.24) is 0 Å². The van der Waals surface area contributed by atoms with Crippen molar-refractivity contribution in [3.05, 3.63) is 53.3 Å². The minimum Gasteiger partial charge on any atom is -0.493 e. The molecular weight excluding hydrogens is 261 g/mol. The van der Waals surface area contributed by atoms with Crippen LogP contribution in [0.3, 0.4) is 0 Å². The fraction of sp³-hybridized carbons (Fsp3) is 0.200. The first-order chi connectivity index (χ1) is 9.66. The van der Waals surface area contributed by atoms with Crippen LogP contribution in [-0.4, -0.2) is 12.2 Å². The Balaban J connectivity index is 2.31. The molecule has 0 unspecified atom stereocenters. The first-order valence-electron chi connectivity index (χ1n) is 6.11. The van der Waals surface area contributed by atoms with Crippen LogP contribution in [0.2, 0.25) is 0 Å². The predicted octanol–water partition coefficient (Wildman–Crippen LogP) is 2.58. The third kappa shape index (κ3) is 3.26. The van der Waals surface area contributed by atoms with Gasteiger partial charge >= 0.3 is 0 Å². The fourth-order valence-corrected chi connectivity index (χ4v) is 1.82. The van der Waals surface area contributed by atoms with Crippen molar-refractivity contribution in [2.45, 2.75) is 13.2 Å². The van der Waals surface area contributed by atoms with E-state index >= 15 is 0 Å². The number of ether oxygens (including phenoxy) is 2. The lowest BCUT2D eigenvalue weighted by Gasteiger charge is -2.12. The summed E-state index contributed by atoms with van der Waals surface area (Å²) in [5.41, 5.74) is 6.85. The summed E-state index contributed by atoms with van der Waals surface area (Å²) in [5, 5.41) is 9.08. The van der Waals surface area contributed by atoms with E-state index in [1.54, 1.807) is 24.3 Å². The van der Waals surface area contributed by atoms with Crippen LogP contribution >= 0.6 is 0 Å². The number of aliphatic hydroxyl groups excluding tert-OH is 1. The molecule has 0 fully saturated rings. The number of nitrogens with two attached hydrogens (primary N) is 1. The van der Waals surface area contributed by atoms with Crippen LogP contribution in [0.5, 0.6) is 17.2 Å². The molecule has 0 saturated heterocycles. The second-order valence-electron chi connectivity index (χ2n) is 4.24.